The summed E-state index contributed by atoms with van der Waals surface area (Å²) in [6.45, 7) is 1.60. The lowest BCUT2D eigenvalue weighted by Crippen LogP contribution is -2.38. The lowest BCUT2D eigenvalue weighted by atomic mass is 10.00. The van der Waals surface area contributed by atoms with E-state index in [1.807, 2.05) is 52.1 Å². The van der Waals surface area contributed by atoms with Crippen LogP contribution in [0.15, 0.2) is 71.4 Å². The Kier molecular flexibility index (Phi) is 4.85. The Bertz CT molecular complexity index is 1200. The summed E-state index contributed by atoms with van der Waals surface area (Å²) in [7, 11) is 0. The van der Waals surface area contributed by atoms with E-state index < -0.39 is 0 Å². The van der Waals surface area contributed by atoms with Crippen molar-refractivity contribution in [3.05, 3.63) is 83.0 Å². The molecule has 0 fully saturated rings. The molecule has 2 aromatic heterocycles. The van der Waals surface area contributed by atoms with E-state index in [0.717, 1.165) is 18.5 Å². The van der Waals surface area contributed by atoms with Gasteiger partial charge in [-0.25, -0.2) is 0 Å². The lowest BCUT2D eigenvalue weighted by molar-refractivity contribution is -0.132. The number of carbonyl (C=O) groups excluding carboxylic acids is 1. The Morgan fingerprint density at radius 3 is 2.67 bits per heavy atom. The van der Waals surface area contributed by atoms with Gasteiger partial charge in [0.15, 0.2) is 0 Å². The molecule has 30 heavy (non-hydrogen) atoms. The zero-order valence-electron chi connectivity index (χ0n) is 16.2. The third kappa shape index (κ3) is 3.62. The van der Waals surface area contributed by atoms with Crippen molar-refractivity contribution in [2.75, 3.05) is 6.54 Å². The number of benzene rings is 2. The molecule has 5 rings (SSSR count). The third-order valence-electron chi connectivity index (χ3n) is 5.37. The molecule has 1 amide bonds. The first-order valence-corrected chi connectivity index (χ1v) is 10.1. The Labute approximate surface area is 178 Å². The van der Waals surface area contributed by atoms with E-state index in [9.17, 15) is 4.79 Å². The van der Waals surface area contributed by atoms with Crippen molar-refractivity contribution in [2.24, 2.45) is 0 Å². The molecule has 3 heterocycles. The predicted molar refractivity (Wildman–Crippen MR) is 114 cm³/mol. The zero-order valence-corrected chi connectivity index (χ0v) is 16.9. The summed E-state index contributed by atoms with van der Waals surface area (Å²) in [5.41, 5.74) is 4.07. The molecule has 0 saturated carbocycles. The van der Waals surface area contributed by atoms with Crippen LogP contribution in [-0.4, -0.2) is 32.1 Å². The van der Waals surface area contributed by atoms with Gasteiger partial charge in [0.05, 0.1) is 0 Å². The van der Waals surface area contributed by atoms with Crippen LogP contribution in [-0.2, 0) is 24.3 Å². The maximum Gasteiger partial charge on any atom is 0.274 e. The molecule has 0 bridgehead atoms. The Morgan fingerprint density at radius 2 is 1.83 bits per heavy atom. The summed E-state index contributed by atoms with van der Waals surface area (Å²) in [6.07, 6.45) is 2.74. The number of fused-ring (bicyclic) bond motifs is 1. The fourth-order valence-corrected chi connectivity index (χ4v) is 3.87. The molecule has 7 heteroatoms. The van der Waals surface area contributed by atoms with Gasteiger partial charge in [-0.05, 0) is 53.9 Å². The van der Waals surface area contributed by atoms with E-state index in [1.54, 1.807) is 12.1 Å². The number of halogens is 1. The van der Waals surface area contributed by atoms with E-state index in [2.05, 4.69) is 22.3 Å². The average Bonchev–Trinajstić information content (AvgIpc) is 3.43. The van der Waals surface area contributed by atoms with Gasteiger partial charge in [0, 0.05) is 29.9 Å². The molecule has 0 saturated heterocycles. The maximum absolute atomic E-state index is 12.9. The number of carbonyl (C=O) groups is 1. The zero-order chi connectivity index (χ0) is 20.5. The molecule has 0 unspecified atom stereocenters. The van der Waals surface area contributed by atoms with Gasteiger partial charge >= 0.3 is 0 Å². The number of nitrogens with zero attached hydrogens (tertiary/aromatic N) is 4. The van der Waals surface area contributed by atoms with Gasteiger partial charge in [-0.1, -0.05) is 41.0 Å². The van der Waals surface area contributed by atoms with Gasteiger partial charge in [0.1, 0.15) is 12.2 Å². The van der Waals surface area contributed by atoms with Crippen LogP contribution in [0.1, 0.15) is 11.1 Å². The monoisotopic (exact) mass is 418 g/mol. The van der Waals surface area contributed by atoms with Crippen LogP contribution in [0.2, 0.25) is 5.02 Å². The third-order valence-corrected chi connectivity index (χ3v) is 5.62. The molecular formula is C23H19ClN4O2. The van der Waals surface area contributed by atoms with Crippen LogP contribution < -0.4 is 0 Å². The molecule has 1 aliphatic rings. The highest BCUT2D eigenvalue weighted by atomic mass is 35.5. The molecule has 1 aliphatic heterocycles. The van der Waals surface area contributed by atoms with E-state index >= 15 is 0 Å². The fourth-order valence-electron chi connectivity index (χ4n) is 3.74. The number of aromatic nitrogens is 3. The second kappa shape index (κ2) is 7.80. The summed E-state index contributed by atoms with van der Waals surface area (Å²) in [5, 5.41) is 4.72. The molecule has 2 aromatic carbocycles. The molecule has 0 radical (unpaired) electrons. The number of rotatable bonds is 4. The van der Waals surface area contributed by atoms with Crippen LogP contribution in [0.4, 0.5) is 0 Å². The molecule has 0 N–H and O–H groups in total. The van der Waals surface area contributed by atoms with Crippen LogP contribution in [0.5, 0.6) is 0 Å². The number of amides is 1. The van der Waals surface area contributed by atoms with E-state index in [0.29, 0.717) is 29.0 Å². The molecule has 0 atom stereocenters. The fraction of sp³-hybridized carbons (Fsp3) is 0.174. The highest BCUT2D eigenvalue weighted by Gasteiger charge is 2.22. The summed E-state index contributed by atoms with van der Waals surface area (Å²) in [6, 6.07) is 19.3. The van der Waals surface area contributed by atoms with Gasteiger partial charge in [-0.15, -0.1) is 0 Å². The van der Waals surface area contributed by atoms with Crippen molar-refractivity contribution in [1.82, 2.24) is 19.6 Å². The van der Waals surface area contributed by atoms with Crippen molar-refractivity contribution < 1.29 is 9.32 Å². The van der Waals surface area contributed by atoms with Crippen LogP contribution >= 0.6 is 11.6 Å². The first kappa shape index (κ1) is 18.6. The topological polar surface area (TPSA) is 64.2 Å². The molecule has 0 aliphatic carbocycles. The van der Waals surface area contributed by atoms with Crippen molar-refractivity contribution in [3.63, 3.8) is 0 Å². The first-order valence-electron chi connectivity index (χ1n) is 9.77. The Morgan fingerprint density at radius 1 is 1.03 bits per heavy atom. The second-order valence-electron chi connectivity index (χ2n) is 7.29. The minimum Gasteiger partial charge on any atom is -0.336 e. The van der Waals surface area contributed by atoms with E-state index in [1.165, 1.54) is 11.1 Å². The van der Waals surface area contributed by atoms with Gasteiger partial charge in [-0.3, -0.25) is 4.79 Å². The highest BCUT2D eigenvalue weighted by Crippen LogP contribution is 2.24. The van der Waals surface area contributed by atoms with Crippen LogP contribution in [0, 0.1) is 0 Å². The lowest BCUT2D eigenvalue weighted by Gasteiger charge is -2.29. The minimum absolute atomic E-state index is 0.0689. The maximum atomic E-state index is 12.9. The van der Waals surface area contributed by atoms with E-state index in [-0.39, 0.29) is 12.5 Å². The van der Waals surface area contributed by atoms with Gasteiger partial charge in [-0.2, -0.15) is 4.98 Å². The first-order chi connectivity index (χ1) is 14.7. The molecule has 0 spiro atoms. The number of hydrogen-bond acceptors (Lipinski definition) is 4. The molecule has 6 nitrogen and oxygen atoms in total. The smallest absolute Gasteiger partial charge is 0.274 e. The summed E-state index contributed by atoms with van der Waals surface area (Å²) in [5.74, 6) is 0.925. The van der Waals surface area contributed by atoms with Gasteiger partial charge in [0.2, 0.25) is 11.7 Å². The SMILES string of the molecule is O=C(Cn1cccc1-c1nc(-c2ccc(Cl)cc2)no1)N1CCc2ccccc2C1. The molecule has 150 valence electrons. The largest absolute Gasteiger partial charge is 0.336 e. The van der Waals surface area contributed by atoms with Gasteiger partial charge < -0.3 is 14.0 Å². The molecule has 4 aromatic rings. The van der Waals surface area contributed by atoms with Crippen LogP contribution in [0.3, 0.4) is 0 Å². The summed E-state index contributed by atoms with van der Waals surface area (Å²) in [4.78, 5) is 19.3. The summed E-state index contributed by atoms with van der Waals surface area (Å²) >= 11 is 5.94. The van der Waals surface area contributed by atoms with Crippen molar-refractivity contribution >= 4 is 17.5 Å². The molecular weight excluding hydrogens is 400 g/mol. The highest BCUT2D eigenvalue weighted by molar-refractivity contribution is 6.30. The van der Waals surface area contributed by atoms with Crippen molar-refractivity contribution in [3.8, 4) is 23.0 Å². The predicted octanol–water partition coefficient (Wildman–Crippen LogP) is 4.44. The Hall–Kier alpha value is -3.38. The van der Waals surface area contributed by atoms with Crippen molar-refractivity contribution in [2.45, 2.75) is 19.5 Å². The average molecular weight is 419 g/mol. The normalized spacial score (nSPS) is 13.3. The second-order valence-corrected chi connectivity index (χ2v) is 7.72. The van der Waals surface area contributed by atoms with Gasteiger partial charge in [0.25, 0.3) is 5.89 Å². The minimum atomic E-state index is 0.0689. The van der Waals surface area contributed by atoms with E-state index in [4.69, 9.17) is 16.1 Å². The number of hydrogen-bond donors (Lipinski definition) is 0. The standard InChI is InChI=1S/C23H19ClN4O2/c24-19-9-7-17(8-10-19)22-25-23(30-26-22)20-6-3-12-27(20)15-21(29)28-13-11-16-4-1-2-5-18(16)14-28/h1-10,12H,11,13-15H2. The summed E-state index contributed by atoms with van der Waals surface area (Å²) < 4.78 is 7.32. The quantitative estimate of drug-likeness (QED) is 0.491. The van der Waals surface area contributed by atoms with Crippen molar-refractivity contribution in [1.29, 1.82) is 0 Å². The Balaban J connectivity index is 1.33. The van der Waals surface area contributed by atoms with Crippen LogP contribution in [0.25, 0.3) is 23.0 Å².